The Morgan fingerprint density at radius 1 is 1.05 bits per heavy atom. The summed E-state index contributed by atoms with van der Waals surface area (Å²) in [6, 6.07) is 10.9. The van der Waals surface area contributed by atoms with E-state index in [1.54, 1.807) is 44.2 Å². The van der Waals surface area contributed by atoms with Crippen LogP contribution in [0.1, 0.15) is 56.7 Å². The second-order valence-electron chi connectivity index (χ2n) is 8.53. The number of nitrogens with two attached hydrogens (primary N) is 2. The summed E-state index contributed by atoms with van der Waals surface area (Å²) in [6.07, 6.45) is 0. The van der Waals surface area contributed by atoms with Crippen LogP contribution in [-0.4, -0.2) is 47.8 Å². The summed E-state index contributed by atoms with van der Waals surface area (Å²) < 4.78 is 14.4. The number of nitrogens with one attached hydrogen (secondary N) is 1. The van der Waals surface area contributed by atoms with Crippen LogP contribution in [0.5, 0.6) is 5.75 Å². The van der Waals surface area contributed by atoms with Gasteiger partial charge < -0.3 is 26.3 Å². The van der Waals surface area contributed by atoms with E-state index in [-0.39, 0.29) is 22.9 Å². The molecule has 1 aromatic heterocycles. The Morgan fingerprint density at radius 2 is 1.74 bits per heavy atom. The number of amides is 3. The van der Waals surface area contributed by atoms with Gasteiger partial charge >= 0.3 is 5.97 Å². The van der Waals surface area contributed by atoms with Gasteiger partial charge in [0.15, 0.2) is 5.69 Å². The number of benzene rings is 2. The molecule has 0 radical (unpaired) electrons. The van der Waals surface area contributed by atoms with Crippen molar-refractivity contribution < 1.29 is 28.7 Å². The third kappa shape index (κ3) is 6.71. The third-order valence-electron chi connectivity index (χ3n) is 5.72. The first-order chi connectivity index (χ1) is 18.6. The maximum atomic E-state index is 14.2. The maximum Gasteiger partial charge on any atom is 0.325 e. The van der Waals surface area contributed by atoms with Gasteiger partial charge in [-0.25, -0.2) is 0 Å². The highest BCUT2D eigenvalue weighted by atomic mass is 32.1. The molecule has 0 fully saturated rings. The van der Waals surface area contributed by atoms with Gasteiger partial charge in [-0.2, -0.15) is 4.37 Å². The minimum Gasteiger partial charge on any atom is -0.494 e. The molecular weight excluding hydrogens is 522 g/mol. The van der Waals surface area contributed by atoms with Crippen LogP contribution in [0.4, 0.5) is 11.4 Å². The van der Waals surface area contributed by atoms with E-state index in [0.717, 1.165) is 5.56 Å². The highest BCUT2D eigenvalue weighted by molar-refractivity contribution is 7.09. The summed E-state index contributed by atoms with van der Waals surface area (Å²) in [4.78, 5) is 53.0. The first kappa shape index (κ1) is 29.1. The highest BCUT2D eigenvalue weighted by Gasteiger charge is 2.37. The average Bonchev–Trinajstić information content (AvgIpc) is 3.29. The summed E-state index contributed by atoms with van der Waals surface area (Å²) in [6.45, 7) is 7.35. The van der Waals surface area contributed by atoms with Gasteiger partial charge in [0.05, 0.1) is 18.9 Å². The molecule has 1 heterocycles. The Bertz CT molecular complexity index is 1370. The Balaban J connectivity index is 2.20. The maximum absolute atomic E-state index is 14.2. The molecule has 11 nitrogen and oxygen atoms in total. The summed E-state index contributed by atoms with van der Waals surface area (Å²) in [5.41, 5.74) is 13.5. The second-order valence-corrected chi connectivity index (χ2v) is 9.30. The molecule has 2 aromatic carbocycles. The topological polar surface area (TPSA) is 167 Å². The standard InChI is InChI=1S/C27H31N5O6S/c1-5-37-18-11-9-17(10-12-18)23(26(35)30-14-20(33)38-6-2)32(19-13-15(3)7-8-16(19)4)27(36)24-21(28)22(25(29)34)31-39-24/h7-13,23H,5-6,14,28H2,1-4H3,(H2,29,34)(H,30,35)/t23-/m0/s1. The van der Waals surface area contributed by atoms with Gasteiger partial charge in [0.2, 0.25) is 5.91 Å². The van der Waals surface area contributed by atoms with E-state index in [1.807, 2.05) is 26.0 Å². The average molecular weight is 554 g/mol. The van der Waals surface area contributed by atoms with Gasteiger partial charge in [-0.3, -0.25) is 24.1 Å². The first-order valence-corrected chi connectivity index (χ1v) is 13.0. The number of nitrogen functional groups attached to an aromatic ring is 1. The molecule has 5 N–H and O–H groups in total. The Morgan fingerprint density at radius 3 is 2.33 bits per heavy atom. The summed E-state index contributed by atoms with van der Waals surface area (Å²) in [5.74, 6) is -2.24. The zero-order valence-electron chi connectivity index (χ0n) is 22.1. The van der Waals surface area contributed by atoms with Gasteiger partial charge in [0, 0.05) is 5.69 Å². The molecule has 3 rings (SSSR count). The molecule has 0 spiro atoms. The van der Waals surface area contributed by atoms with Gasteiger partial charge in [0.25, 0.3) is 11.8 Å². The van der Waals surface area contributed by atoms with Gasteiger partial charge in [-0.1, -0.05) is 24.3 Å². The lowest BCUT2D eigenvalue weighted by Crippen LogP contribution is -2.45. The molecular formula is C27H31N5O6S. The molecule has 206 valence electrons. The highest BCUT2D eigenvalue weighted by Crippen LogP contribution is 2.35. The largest absolute Gasteiger partial charge is 0.494 e. The molecule has 0 saturated heterocycles. The second kappa shape index (κ2) is 12.9. The van der Waals surface area contributed by atoms with Crippen molar-refractivity contribution in [3.8, 4) is 5.75 Å². The lowest BCUT2D eigenvalue weighted by Gasteiger charge is -2.32. The van der Waals surface area contributed by atoms with E-state index >= 15 is 0 Å². The van der Waals surface area contributed by atoms with E-state index in [4.69, 9.17) is 20.9 Å². The fourth-order valence-corrected chi connectivity index (χ4v) is 4.62. The summed E-state index contributed by atoms with van der Waals surface area (Å²) >= 11 is 0.711. The van der Waals surface area contributed by atoms with Crippen LogP contribution >= 0.6 is 11.5 Å². The quantitative estimate of drug-likeness (QED) is 0.305. The van der Waals surface area contributed by atoms with Crippen LogP contribution in [0, 0.1) is 13.8 Å². The number of carbonyl (C=O) groups excluding carboxylic acids is 4. The minimum atomic E-state index is -1.25. The van der Waals surface area contributed by atoms with Crippen LogP contribution in [0.15, 0.2) is 42.5 Å². The fourth-order valence-electron chi connectivity index (χ4n) is 3.88. The Hall–Kier alpha value is -4.45. The van der Waals surface area contributed by atoms with Crippen molar-refractivity contribution in [3.05, 3.63) is 69.7 Å². The molecule has 0 aliphatic rings. The number of aromatic nitrogens is 1. The fraction of sp³-hybridized carbons (Fsp3) is 0.296. The monoisotopic (exact) mass is 553 g/mol. The van der Waals surface area contributed by atoms with Crippen LogP contribution in [0.3, 0.4) is 0 Å². The first-order valence-electron chi connectivity index (χ1n) is 12.2. The van der Waals surface area contributed by atoms with Crippen molar-refractivity contribution in [2.45, 2.75) is 33.7 Å². The lowest BCUT2D eigenvalue weighted by molar-refractivity contribution is -0.143. The van der Waals surface area contributed by atoms with Crippen molar-refractivity contribution in [2.24, 2.45) is 5.73 Å². The van der Waals surface area contributed by atoms with E-state index in [2.05, 4.69) is 9.69 Å². The number of nitrogens with zero attached hydrogens (tertiary/aromatic N) is 2. The van der Waals surface area contributed by atoms with Gasteiger partial charge in [-0.05, 0) is 74.1 Å². The van der Waals surface area contributed by atoms with E-state index in [1.165, 1.54) is 4.90 Å². The molecule has 0 aliphatic carbocycles. The van der Waals surface area contributed by atoms with Gasteiger partial charge in [0.1, 0.15) is 23.2 Å². The smallest absolute Gasteiger partial charge is 0.325 e. The molecule has 3 aromatic rings. The van der Waals surface area contributed by atoms with Crippen LogP contribution < -0.4 is 26.4 Å². The van der Waals surface area contributed by atoms with Crippen molar-refractivity contribution in [1.29, 1.82) is 0 Å². The van der Waals surface area contributed by atoms with Gasteiger partial charge in [-0.15, -0.1) is 0 Å². The predicted octanol–water partition coefficient (Wildman–Crippen LogP) is 2.91. The molecule has 1 atom stereocenters. The number of hydrogen-bond acceptors (Lipinski definition) is 9. The molecule has 3 amide bonds. The number of anilines is 2. The van der Waals surface area contributed by atoms with Crippen molar-refractivity contribution in [3.63, 3.8) is 0 Å². The van der Waals surface area contributed by atoms with Crippen LogP contribution in [0.25, 0.3) is 0 Å². The van der Waals surface area contributed by atoms with E-state index in [9.17, 15) is 19.2 Å². The number of carbonyl (C=O) groups is 4. The Kier molecular flexibility index (Phi) is 9.61. The van der Waals surface area contributed by atoms with Crippen LogP contribution in [-0.2, 0) is 14.3 Å². The third-order valence-corrected chi connectivity index (χ3v) is 6.58. The number of aryl methyl sites for hydroxylation is 2. The number of ether oxygens (including phenoxy) is 2. The Labute approximate surface area is 230 Å². The number of rotatable bonds is 11. The summed E-state index contributed by atoms with van der Waals surface area (Å²) in [5, 5.41) is 2.58. The molecule has 0 bridgehead atoms. The van der Waals surface area contributed by atoms with Crippen molar-refractivity contribution in [2.75, 3.05) is 30.4 Å². The molecule has 39 heavy (non-hydrogen) atoms. The zero-order valence-corrected chi connectivity index (χ0v) is 23.0. The SMILES string of the molecule is CCOC(=O)CNC(=O)[C@H](c1ccc(OCC)cc1)N(C(=O)c1snc(C(N)=O)c1N)c1cc(C)ccc1C. The van der Waals surface area contributed by atoms with Crippen molar-refractivity contribution >= 4 is 46.6 Å². The molecule has 12 heteroatoms. The molecule has 0 unspecified atom stereocenters. The zero-order chi connectivity index (χ0) is 28.7. The predicted molar refractivity (Wildman–Crippen MR) is 148 cm³/mol. The normalized spacial score (nSPS) is 11.4. The molecule has 0 aliphatic heterocycles. The molecule has 0 saturated carbocycles. The van der Waals surface area contributed by atoms with E-state index < -0.39 is 36.3 Å². The minimum absolute atomic E-state index is 0.0566. The number of hydrogen-bond donors (Lipinski definition) is 3. The van der Waals surface area contributed by atoms with Crippen LogP contribution in [0.2, 0.25) is 0 Å². The number of esters is 1. The lowest BCUT2D eigenvalue weighted by atomic mass is 10.00. The van der Waals surface area contributed by atoms with Crippen molar-refractivity contribution in [1.82, 2.24) is 9.69 Å². The van der Waals surface area contributed by atoms with E-state index in [0.29, 0.717) is 40.7 Å². The summed E-state index contributed by atoms with van der Waals surface area (Å²) in [7, 11) is 0. The number of primary amides is 1.